The molecule has 3 N–H and O–H groups in total. The van der Waals surface area contributed by atoms with Crippen LogP contribution in [0.15, 0.2) is 0 Å². The number of halogens is 2. The molecule has 0 bridgehead atoms. The quantitative estimate of drug-likeness (QED) is 0.835. The zero-order valence-corrected chi connectivity index (χ0v) is 14.9. The van der Waals surface area contributed by atoms with Crippen LogP contribution in [-0.2, 0) is 11.2 Å². The average molecular weight is 342 g/mol. The smallest absolute Gasteiger partial charge is 0.236 e. The second kappa shape index (κ2) is 10.4. The third kappa shape index (κ3) is 7.43. The average Bonchev–Trinajstić information content (AvgIpc) is 2.57. The second-order valence-electron chi connectivity index (χ2n) is 5.03. The van der Waals surface area contributed by atoms with Gasteiger partial charge in [-0.05, 0) is 26.2 Å². The van der Waals surface area contributed by atoms with Crippen LogP contribution in [0.25, 0.3) is 0 Å². The van der Waals surface area contributed by atoms with E-state index in [1.165, 1.54) is 4.88 Å². The van der Waals surface area contributed by atoms with Gasteiger partial charge in [0.15, 0.2) is 0 Å². The second-order valence-corrected chi connectivity index (χ2v) is 6.31. The third-order valence-corrected chi connectivity index (χ3v) is 3.91. The van der Waals surface area contributed by atoms with Gasteiger partial charge in [0.2, 0.25) is 5.91 Å². The lowest BCUT2D eigenvalue weighted by Crippen LogP contribution is -2.42. The number of amides is 1. The van der Waals surface area contributed by atoms with Crippen LogP contribution in [0.2, 0.25) is 0 Å². The van der Waals surface area contributed by atoms with Crippen molar-refractivity contribution in [1.82, 2.24) is 10.3 Å². The van der Waals surface area contributed by atoms with E-state index in [1.54, 1.807) is 11.3 Å². The summed E-state index contributed by atoms with van der Waals surface area (Å²) in [6.45, 7) is 8.81. The Morgan fingerprint density at radius 2 is 1.95 bits per heavy atom. The zero-order valence-electron chi connectivity index (χ0n) is 12.4. The number of hydrogen-bond acceptors (Lipinski definition) is 4. The minimum Gasteiger partial charge on any atom is -0.354 e. The molecular formula is C13H25Cl2N3OS. The van der Waals surface area contributed by atoms with Crippen molar-refractivity contribution in [2.24, 2.45) is 11.7 Å². The molecule has 0 saturated heterocycles. The Bertz CT molecular complexity index is 391. The highest BCUT2D eigenvalue weighted by molar-refractivity contribution is 7.11. The number of nitrogens with zero attached hydrogens (tertiary/aromatic N) is 1. The maximum atomic E-state index is 11.7. The predicted molar refractivity (Wildman–Crippen MR) is 90.2 cm³/mol. The van der Waals surface area contributed by atoms with E-state index in [0.717, 1.165) is 23.5 Å². The van der Waals surface area contributed by atoms with Crippen LogP contribution in [0.4, 0.5) is 0 Å². The number of thiazole rings is 1. The van der Waals surface area contributed by atoms with Gasteiger partial charge in [0.05, 0.1) is 16.7 Å². The number of carbonyl (C=O) groups is 1. The van der Waals surface area contributed by atoms with Crippen LogP contribution in [-0.4, -0.2) is 23.5 Å². The topological polar surface area (TPSA) is 68.0 Å². The first kappa shape index (κ1) is 21.9. The van der Waals surface area contributed by atoms with Crippen molar-refractivity contribution in [3.63, 3.8) is 0 Å². The summed E-state index contributed by atoms with van der Waals surface area (Å²) in [4.78, 5) is 17.4. The highest BCUT2D eigenvalue weighted by Crippen LogP contribution is 2.16. The predicted octanol–water partition coefficient (Wildman–Crippen LogP) is 2.64. The van der Waals surface area contributed by atoms with Crippen molar-refractivity contribution in [2.75, 3.05) is 6.54 Å². The van der Waals surface area contributed by atoms with Gasteiger partial charge in [0, 0.05) is 17.8 Å². The Morgan fingerprint density at radius 1 is 1.35 bits per heavy atom. The summed E-state index contributed by atoms with van der Waals surface area (Å²) in [5.74, 6) is 0.378. The molecule has 0 saturated carbocycles. The summed E-state index contributed by atoms with van der Waals surface area (Å²) in [6.07, 6.45) is 1.50. The molecule has 0 aliphatic heterocycles. The third-order valence-electron chi connectivity index (χ3n) is 2.77. The first-order valence-electron chi connectivity index (χ1n) is 6.36. The van der Waals surface area contributed by atoms with Gasteiger partial charge in [0.1, 0.15) is 0 Å². The number of carbonyl (C=O) groups excluding carboxylic acids is 1. The van der Waals surface area contributed by atoms with Gasteiger partial charge in [-0.1, -0.05) is 13.8 Å². The van der Waals surface area contributed by atoms with Crippen LogP contribution in [0.1, 0.15) is 35.8 Å². The Morgan fingerprint density at radius 3 is 2.40 bits per heavy atom. The Balaban J connectivity index is 0. The number of nitrogens with one attached hydrogen (secondary N) is 1. The molecule has 0 radical (unpaired) electrons. The molecule has 1 aromatic rings. The highest BCUT2D eigenvalue weighted by atomic mass is 35.5. The van der Waals surface area contributed by atoms with E-state index in [2.05, 4.69) is 31.1 Å². The lowest BCUT2D eigenvalue weighted by atomic mass is 10.0. The van der Waals surface area contributed by atoms with Gasteiger partial charge in [-0.3, -0.25) is 4.79 Å². The summed E-state index contributed by atoms with van der Waals surface area (Å²) in [5, 5.41) is 3.94. The van der Waals surface area contributed by atoms with E-state index in [4.69, 9.17) is 5.73 Å². The molecule has 0 spiro atoms. The van der Waals surface area contributed by atoms with Gasteiger partial charge >= 0.3 is 0 Å². The molecule has 1 atom stereocenters. The van der Waals surface area contributed by atoms with Crippen LogP contribution < -0.4 is 11.1 Å². The summed E-state index contributed by atoms with van der Waals surface area (Å²) in [5.41, 5.74) is 6.88. The number of rotatable bonds is 6. The lowest BCUT2D eigenvalue weighted by Gasteiger charge is -2.13. The number of aromatic nitrogens is 1. The molecule has 1 aromatic heterocycles. The van der Waals surface area contributed by atoms with E-state index in [-0.39, 0.29) is 30.7 Å². The molecule has 20 heavy (non-hydrogen) atoms. The normalized spacial score (nSPS) is 11.5. The van der Waals surface area contributed by atoms with Crippen molar-refractivity contribution in [3.8, 4) is 0 Å². The molecular weight excluding hydrogens is 317 g/mol. The molecule has 0 aromatic carbocycles. The van der Waals surface area contributed by atoms with Crippen molar-refractivity contribution >= 4 is 42.1 Å². The number of nitrogens with two attached hydrogens (primary N) is 1. The molecule has 0 aliphatic rings. The zero-order chi connectivity index (χ0) is 13.7. The van der Waals surface area contributed by atoms with Crippen LogP contribution in [0.3, 0.4) is 0 Å². The fraction of sp³-hybridized carbons (Fsp3) is 0.692. The largest absolute Gasteiger partial charge is 0.354 e. The monoisotopic (exact) mass is 341 g/mol. The first-order chi connectivity index (χ1) is 8.40. The first-order valence-corrected chi connectivity index (χ1v) is 7.18. The number of hydrogen-bond donors (Lipinski definition) is 2. The van der Waals surface area contributed by atoms with Gasteiger partial charge in [0.25, 0.3) is 0 Å². The fourth-order valence-corrected chi connectivity index (χ4v) is 2.62. The van der Waals surface area contributed by atoms with Crippen molar-refractivity contribution in [2.45, 2.75) is 46.6 Å². The maximum Gasteiger partial charge on any atom is 0.236 e. The molecule has 7 heteroatoms. The molecule has 0 unspecified atom stereocenters. The highest BCUT2D eigenvalue weighted by Gasteiger charge is 2.14. The van der Waals surface area contributed by atoms with E-state index in [0.29, 0.717) is 12.5 Å². The maximum absolute atomic E-state index is 11.7. The summed E-state index contributed by atoms with van der Waals surface area (Å²) in [7, 11) is 0. The van der Waals surface area contributed by atoms with Gasteiger partial charge in [-0.2, -0.15) is 0 Å². The molecule has 4 nitrogen and oxygen atoms in total. The van der Waals surface area contributed by atoms with Crippen molar-refractivity contribution in [3.05, 3.63) is 15.6 Å². The summed E-state index contributed by atoms with van der Waals surface area (Å²) < 4.78 is 0. The molecule has 0 aliphatic carbocycles. The van der Waals surface area contributed by atoms with Gasteiger partial charge < -0.3 is 11.1 Å². The minimum atomic E-state index is -0.398. The van der Waals surface area contributed by atoms with E-state index in [9.17, 15) is 4.79 Å². The number of aryl methyl sites for hydroxylation is 2. The van der Waals surface area contributed by atoms with Crippen LogP contribution in [0.5, 0.6) is 0 Å². The lowest BCUT2D eigenvalue weighted by molar-refractivity contribution is -0.122. The Kier molecular flexibility index (Phi) is 11.4. The van der Waals surface area contributed by atoms with E-state index in [1.807, 2.05) is 6.92 Å². The Labute approximate surface area is 137 Å². The Hall–Kier alpha value is -0.360. The van der Waals surface area contributed by atoms with Crippen LogP contribution in [0, 0.1) is 19.8 Å². The molecule has 118 valence electrons. The molecule has 1 amide bonds. The van der Waals surface area contributed by atoms with Crippen LogP contribution >= 0.6 is 36.2 Å². The fourth-order valence-electron chi connectivity index (χ4n) is 1.68. The molecule has 1 heterocycles. The van der Waals surface area contributed by atoms with Crippen molar-refractivity contribution in [1.29, 1.82) is 0 Å². The van der Waals surface area contributed by atoms with Crippen molar-refractivity contribution < 1.29 is 4.79 Å². The van der Waals surface area contributed by atoms with Gasteiger partial charge in [-0.25, -0.2) is 4.98 Å². The van der Waals surface area contributed by atoms with E-state index >= 15 is 0 Å². The summed E-state index contributed by atoms with van der Waals surface area (Å²) >= 11 is 1.69. The van der Waals surface area contributed by atoms with Gasteiger partial charge in [-0.15, -0.1) is 36.2 Å². The standard InChI is InChI=1S/C13H23N3OS.2ClH/c1-8(2)7-11(14)13(17)15-6-5-12-16-9(3)10(4)18-12;;/h8,11H,5-7,14H2,1-4H3,(H,15,17);2*1H/t11-;;/m0../s1. The molecule has 0 fully saturated rings. The molecule has 1 rings (SSSR count). The SMILES string of the molecule is Cc1nc(CCNC(=O)[C@@H](N)CC(C)C)sc1C.Cl.Cl. The van der Waals surface area contributed by atoms with E-state index < -0.39 is 6.04 Å². The summed E-state index contributed by atoms with van der Waals surface area (Å²) in [6, 6.07) is -0.398. The minimum absolute atomic E-state index is 0.